The second-order valence-corrected chi connectivity index (χ2v) is 4.50. The molecule has 0 heterocycles. The lowest BCUT2D eigenvalue weighted by Crippen LogP contribution is -2.14. The Balaban J connectivity index is 2.61. The monoisotopic (exact) mass is 264 g/mol. The predicted molar refractivity (Wildman–Crippen MR) is 74.3 cm³/mol. The van der Waals surface area contributed by atoms with E-state index in [1.165, 1.54) is 0 Å². The molecule has 0 bridgehead atoms. The van der Waals surface area contributed by atoms with Crippen LogP contribution in [0.1, 0.15) is 41.6 Å². The van der Waals surface area contributed by atoms with E-state index >= 15 is 0 Å². The Bertz CT molecular complexity index is 458. The molecule has 0 aliphatic rings. The molecule has 0 unspecified atom stereocenters. The lowest BCUT2D eigenvalue weighted by molar-refractivity contribution is -0.116. The molecule has 0 atom stereocenters. The quantitative estimate of drug-likeness (QED) is 0.658. The van der Waals surface area contributed by atoms with Gasteiger partial charge in [-0.1, -0.05) is 18.1 Å². The van der Waals surface area contributed by atoms with E-state index in [9.17, 15) is 9.59 Å². The van der Waals surface area contributed by atoms with Gasteiger partial charge in [0.1, 0.15) is 0 Å². The van der Waals surface area contributed by atoms with Crippen LogP contribution in [0.4, 0.5) is 5.69 Å². The van der Waals surface area contributed by atoms with Crippen LogP contribution in [-0.4, -0.2) is 23.5 Å². The highest BCUT2D eigenvalue weighted by atomic mass is 16.4. The third-order valence-electron chi connectivity index (χ3n) is 2.79. The first-order chi connectivity index (χ1) is 9.04. The van der Waals surface area contributed by atoms with Crippen LogP contribution in [-0.2, 0) is 4.79 Å². The number of carboxylic acid groups (broad SMARTS) is 1. The van der Waals surface area contributed by atoms with Gasteiger partial charge >= 0.3 is 5.97 Å². The van der Waals surface area contributed by atoms with E-state index in [4.69, 9.17) is 10.8 Å². The fourth-order valence-corrected chi connectivity index (χ4v) is 1.76. The van der Waals surface area contributed by atoms with Crippen molar-refractivity contribution in [3.8, 4) is 0 Å². The molecule has 0 aromatic heterocycles. The molecule has 0 fully saturated rings. The molecule has 0 saturated carbocycles. The Morgan fingerprint density at radius 3 is 2.63 bits per heavy atom. The Hall–Kier alpha value is -1.88. The summed E-state index contributed by atoms with van der Waals surface area (Å²) in [5.74, 6) is -1.20. The Kier molecular flexibility index (Phi) is 6.02. The first-order valence-electron chi connectivity index (χ1n) is 6.38. The molecule has 1 rings (SSSR count). The summed E-state index contributed by atoms with van der Waals surface area (Å²) < 4.78 is 0. The first kappa shape index (κ1) is 15.2. The number of hydrogen-bond acceptors (Lipinski definition) is 3. The van der Waals surface area contributed by atoms with Gasteiger partial charge in [-0.05, 0) is 38.4 Å². The number of aryl methyl sites for hydroxylation is 1. The number of unbranched alkanes of at least 4 members (excludes halogenated alkanes) is 2. The molecule has 5 heteroatoms. The summed E-state index contributed by atoms with van der Waals surface area (Å²) in [7, 11) is 0. The zero-order valence-electron chi connectivity index (χ0n) is 11.1. The van der Waals surface area contributed by atoms with Crippen molar-refractivity contribution < 1.29 is 14.7 Å². The van der Waals surface area contributed by atoms with Gasteiger partial charge in [-0.3, -0.25) is 4.79 Å². The summed E-state index contributed by atoms with van der Waals surface area (Å²) in [6.07, 6.45) is 2.95. The number of anilines is 1. The predicted octanol–water partition coefficient (Wildman–Crippen LogP) is 2.15. The van der Waals surface area contributed by atoms with Crippen LogP contribution >= 0.6 is 0 Å². The third-order valence-corrected chi connectivity index (χ3v) is 2.79. The molecule has 5 nitrogen and oxygen atoms in total. The van der Waals surface area contributed by atoms with Crippen LogP contribution in [0.3, 0.4) is 0 Å². The van der Waals surface area contributed by atoms with Gasteiger partial charge in [0.25, 0.3) is 0 Å². The minimum atomic E-state index is -1.04. The van der Waals surface area contributed by atoms with E-state index in [0.717, 1.165) is 24.8 Å². The summed E-state index contributed by atoms with van der Waals surface area (Å²) in [5.41, 5.74) is 6.69. The highest BCUT2D eigenvalue weighted by Gasteiger charge is 2.12. The maximum Gasteiger partial charge on any atom is 0.337 e. The normalized spacial score (nSPS) is 10.2. The summed E-state index contributed by atoms with van der Waals surface area (Å²) in [4.78, 5) is 22.8. The van der Waals surface area contributed by atoms with Gasteiger partial charge in [-0.25, -0.2) is 4.79 Å². The van der Waals surface area contributed by atoms with E-state index in [2.05, 4.69) is 5.32 Å². The number of nitrogens with two attached hydrogens (primary N) is 1. The van der Waals surface area contributed by atoms with Crippen molar-refractivity contribution >= 4 is 17.6 Å². The molecule has 0 spiro atoms. The molecule has 1 aromatic carbocycles. The lowest BCUT2D eigenvalue weighted by atomic mass is 10.1. The number of carbonyl (C=O) groups excluding carboxylic acids is 1. The highest BCUT2D eigenvalue weighted by Crippen LogP contribution is 2.18. The molecule has 0 aliphatic heterocycles. The summed E-state index contributed by atoms with van der Waals surface area (Å²) in [6, 6.07) is 4.94. The fourth-order valence-electron chi connectivity index (χ4n) is 1.76. The molecule has 19 heavy (non-hydrogen) atoms. The first-order valence-corrected chi connectivity index (χ1v) is 6.38. The number of benzene rings is 1. The molecule has 0 saturated heterocycles. The van der Waals surface area contributed by atoms with Crippen LogP contribution in [0.2, 0.25) is 0 Å². The van der Waals surface area contributed by atoms with E-state index in [-0.39, 0.29) is 11.5 Å². The van der Waals surface area contributed by atoms with Gasteiger partial charge in [-0.15, -0.1) is 0 Å². The van der Waals surface area contributed by atoms with Gasteiger partial charge in [0, 0.05) is 6.42 Å². The Labute approximate surface area is 112 Å². The molecular formula is C14H20N2O3. The topological polar surface area (TPSA) is 92.4 Å². The summed E-state index contributed by atoms with van der Waals surface area (Å²) in [6.45, 7) is 2.44. The third kappa shape index (κ3) is 5.09. The van der Waals surface area contributed by atoms with Crippen LogP contribution in [0.15, 0.2) is 18.2 Å². The number of carbonyl (C=O) groups is 2. The molecule has 1 amide bonds. The molecule has 0 aliphatic carbocycles. The summed E-state index contributed by atoms with van der Waals surface area (Å²) >= 11 is 0. The molecule has 0 radical (unpaired) electrons. The van der Waals surface area contributed by atoms with Crippen molar-refractivity contribution in [2.75, 3.05) is 11.9 Å². The number of aromatic carboxylic acids is 1. The minimum absolute atomic E-state index is 0.121. The van der Waals surface area contributed by atoms with Crippen LogP contribution in [0.5, 0.6) is 0 Å². The largest absolute Gasteiger partial charge is 0.478 e. The number of hydrogen-bond donors (Lipinski definition) is 3. The van der Waals surface area contributed by atoms with Gasteiger partial charge in [0.2, 0.25) is 5.91 Å². The number of nitrogens with one attached hydrogen (secondary N) is 1. The SMILES string of the molecule is Cc1ccc(NC(=O)CCCCCN)c(C(=O)O)c1. The molecule has 4 N–H and O–H groups in total. The maximum absolute atomic E-state index is 11.7. The smallest absolute Gasteiger partial charge is 0.337 e. The standard InChI is InChI=1S/C14H20N2O3/c1-10-6-7-12(11(9-10)14(18)19)16-13(17)5-3-2-4-8-15/h6-7,9H,2-5,8,15H2,1H3,(H,16,17)(H,18,19). The number of rotatable bonds is 7. The maximum atomic E-state index is 11.7. The second-order valence-electron chi connectivity index (χ2n) is 4.50. The lowest BCUT2D eigenvalue weighted by Gasteiger charge is -2.09. The van der Waals surface area contributed by atoms with Crippen LogP contribution in [0.25, 0.3) is 0 Å². The van der Waals surface area contributed by atoms with Crippen molar-refractivity contribution in [2.45, 2.75) is 32.6 Å². The molecule has 104 valence electrons. The van der Waals surface area contributed by atoms with Crippen molar-refractivity contribution in [1.29, 1.82) is 0 Å². The van der Waals surface area contributed by atoms with Gasteiger partial charge < -0.3 is 16.2 Å². The van der Waals surface area contributed by atoms with Gasteiger partial charge in [0.05, 0.1) is 11.3 Å². The summed E-state index contributed by atoms with van der Waals surface area (Å²) in [5, 5.41) is 11.7. The van der Waals surface area contributed by atoms with Crippen LogP contribution in [0, 0.1) is 6.92 Å². The van der Waals surface area contributed by atoms with Crippen LogP contribution < -0.4 is 11.1 Å². The van der Waals surface area contributed by atoms with E-state index in [1.54, 1.807) is 18.2 Å². The number of carboxylic acids is 1. The Morgan fingerprint density at radius 1 is 1.26 bits per heavy atom. The van der Waals surface area contributed by atoms with Crippen molar-refractivity contribution in [3.63, 3.8) is 0 Å². The second kappa shape index (κ2) is 7.53. The minimum Gasteiger partial charge on any atom is -0.478 e. The van der Waals surface area contributed by atoms with Crippen molar-refractivity contribution in [3.05, 3.63) is 29.3 Å². The Morgan fingerprint density at radius 2 is 2.00 bits per heavy atom. The zero-order chi connectivity index (χ0) is 14.3. The van der Waals surface area contributed by atoms with Gasteiger partial charge in [0.15, 0.2) is 0 Å². The zero-order valence-corrected chi connectivity index (χ0v) is 11.1. The average molecular weight is 264 g/mol. The fraction of sp³-hybridized carbons (Fsp3) is 0.429. The van der Waals surface area contributed by atoms with Crippen molar-refractivity contribution in [1.82, 2.24) is 0 Å². The highest BCUT2D eigenvalue weighted by molar-refractivity contribution is 6.00. The van der Waals surface area contributed by atoms with Crippen molar-refractivity contribution in [2.24, 2.45) is 5.73 Å². The van der Waals surface area contributed by atoms with E-state index in [0.29, 0.717) is 18.7 Å². The number of amides is 1. The van der Waals surface area contributed by atoms with E-state index < -0.39 is 5.97 Å². The average Bonchev–Trinajstić information content (AvgIpc) is 2.36. The van der Waals surface area contributed by atoms with Gasteiger partial charge in [-0.2, -0.15) is 0 Å². The molecule has 1 aromatic rings. The van der Waals surface area contributed by atoms with E-state index in [1.807, 2.05) is 6.92 Å². The molecular weight excluding hydrogens is 244 g/mol.